The van der Waals surface area contributed by atoms with Crippen LogP contribution < -0.4 is 10.3 Å². The Balaban J connectivity index is 2.07. The number of carbonyl (C=O) groups is 1. The smallest absolute Gasteiger partial charge is 0.308 e. The molecule has 28 heavy (non-hydrogen) atoms. The molecule has 0 fully saturated rings. The highest BCUT2D eigenvalue weighted by atomic mass is 79.9. The number of nitrogens with zero attached hydrogens (tertiary/aromatic N) is 3. The maximum absolute atomic E-state index is 13.0. The van der Waals surface area contributed by atoms with E-state index in [0.717, 1.165) is 4.47 Å². The summed E-state index contributed by atoms with van der Waals surface area (Å²) in [5, 5.41) is 5.09. The van der Waals surface area contributed by atoms with E-state index in [1.807, 2.05) is 19.9 Å². The predicted molar refractivity (Wildman–Crippen MR) is 114 cm³/mol. The van der Waals surface area contributed by atoms with Crippen molar-refractivity contribution >= 4 is 50.6 Å². The second-order valence-corrected chi connectivity index (χ2v) is 7.75. The van der Waals surface area contributed by atoms with Crippen LogP contribution in [0.5, 0.6) is 5.75 Å². The van der Waals surface area contributed by atoms with Crippen LogP contribution in [0.15, 0.2) is 50.8 Å². The highest BCUT2D eigenvalue weighted by molar-refractivity contribution is 9.10. The minimum atomic E-state index is -0.454. The lowest BCUT2D eigenvalue weighted by Gasteiger charge is -2.12. The second kappa shape index (κ2) is 8.24. The zero-order valence-electron chi connectivity index (χ0n) is 15.4. The van der Waals surface area contributed by atoms with Crippen molar-refractivity contribution < 1.29 is 9.53 Å². The molecule has 0 aliphatic rings. The molecule has 6 nitrogen and oxygen atoms in total. The molecule has 8 heteroatoms. The van der Waals surface area contributed by atoms with Crippen LogP contribution in [-0.2, 0) is 4.79 Å². The molecule has 0 radical (unpaired) electrons. The second-order valence-electron chi connectivity index (χ2n) is 6.43. The van der Waals surface area contributed by atoms with E-state index < -0.39 is 5.97 Å². The molecule has 2 aromatic carbocycles. The molecule has 0 atom stereocenters. The number of ether oxygens (including phenoxy) is 1. The number of rotatable bonds is 4. The number of benzene rings is 2. The Hall–Kier alpha value is -2.51. The first-order chi connectivity index (χ1) is 13.3. The summed E-state index contributed by atoms with van der Waals surface area (Å²) in [6, 6.07) is 10.2. The van der Waals surface area contributed by atoms with Crippen LogP contribution in [0.2, 0.25) is 5.02 Å². The first-order valence-corrected chi connectivity index (χ1v) is 9.68. The van der Waals surface area contributed by atoms with E-state index in [1.54, 1.807) is 30.3 Å². The van der Waals surface area contributed by atoms with Crippen LogP contribution >= 0.6 is 27.5 Å². The summed E-state index contributed by atoms with van der Waals surface area (Å²) in [5.74, 6) is 0.361. The van der Waals surface area contributed by atoms with E-state index >= 15 is 0 Å². The third-order valence-electron chi connectivity index (χ3n) is 3.88. The quantitative estimate of drug-likeness (QED) is 0.319. The lowest BCUT2D eigenvalue weighted by molar-refractivity contribution is -0.131. The minimum absolute atomic E-state index is 0.00664. The van der Waals surface area contributed by atoms with Gasteiger partial charge in [-0.2, -0.15) is 9.78 Å². The Morgan fingerprint density at radius 2 is 2.04 bits per heavy atom. The Kier molecular flexibility index (Phi) is 5.96. The fourth-order valence-corrected chi connectivity index (χ4v) is 3.20. The van der Waals surface area contributed by atoms with E-state index in [2.05, 4.69) is 26.0 Å². The van der Waals surface area contributed by atoms with Crippen molar-refractivity contribution in [1.82, 2.24) is 9.66 Å². The number of hydrogen-bond acceptors (Lipinski definition) is 5. The average molecular weight is 463 g/mol. The largest absolute Gasteiger partial charge is 0.425 e. The Morgan fingerprint density at radius 3 is 2.68 bits per heavy atom. The molecule has 0 N–H and O–H groups in total. The van der Waals surface area contributed by atoms with E-state index in [4.69, 9.17) is 16.3 Å². The average Bonchev–Trinajstić information content (AvgIpc) is 2.63. The van der Waals surface area contributed by atoms with Gasteiger partial charge in [0, 0.05) is 17.3 Å². The van der Waals surface area contributed by atoms with Gasteiger partial charge in [-0.25, -0.2) is 4.98 Å². The van der Waals surface area contributed by atoms with E-state index in [0.29, 0.717) is 22.3 Å². The summed E-state index contributed by atoms with van der Waals surface area (Å²) in [4.78, 5) is 28.6. The normalized spacial score (nSPS) is 11.5. The van der Waals surface area contributed by atoms with Crippen molar-refractivity contribution in [3.8, 4) is 5.75 Å². The standard InChI is InChI=1S/C20H17BrClN3O3/c1-11(2)19-24-17-6-5-14(21)9-15(17)20(27)25(19)23-10-13-4-7-18(16(22)8-13)28-12(3)26/h4-11H,1-3H3. The molecule has 0 saturated heterocycles. The molecule has 1 heterocycles. The molecule has 0 amide bonds. The Morgan fingerprint density at radius 1 is 1.29 bits per heavy atom. The summed E-state index contributed by atoms with van der Waals surface area (Å²) >= 11 is 9.52. The maximum Gasteiger partial charge on any atom is 0.308 e. The van der Waals surface area contributed by atoms with Crippen LogP contribution in [0.1, 0.15) is 38.1 Å². The molecule has 0 spiro atoms. The van der Waals surface area contributed by atoms with Gasteiger partial charge in [-0.3, -0.25) is 9.59 Å². The molecule has 1 aromatic heterocycles. The number of carbonyl (C=O) groups excluding carboxylic acids is 1. The predicted octanol–water partition coefficient (Wildman–Crippen LogP) is 4.74. The summed E-state index contributed by atoms with van der Waals surface area (Å²) in [5.41, 5.74) is 1.02. The topological polar surface area (TPSA) is 73.5 Å². The Labute approximate surface area is 174 Å². The van der Waals surface area contributed by atoms with Crippen molar-refractivity contribution in [2.75, 3.05) is 0 Å². The van der Waals surface area contributed by atoms with Crippen LogP contribution in [-0.4, -0.2) is 21.8 Å². The van der Waals surface area contributed by atoms with Gasteiger partial charge in [0.1, 0.15) is 11.6 Å². The molecule has 3 aromatic rings. The first kappa shape index (κ1) is 20.2. The molecule has 0 aliphatic heterocycles. The van der Waals surface area contributed by atoms with Gasteiger partial charge in [-0.15, -0.1) is 0 Å². The third kappa shape index (κ3) is 4.31. The molecule has 3 rings (SSSR count). The van der Waals surface area contributed by atoms with E-state index in [9.17, 15) is 9.59 Å². The molecular formula is C20H17BrClN3O3. The SMILES string of the molecule is CC(=O)Oc1ccc(C=Nn2c(C(C)C)nc3ccc(Br)cc3c2=O)cc1Cl. The monoisotopic (exact) mass is 461 g/mol. The van der Waals surface area contributed by atoms with Crippen LogP contribution in [0.3, 0.4) is 0 Å². The fourth-order valence-electron chi connectivity index (χ4n) is 2.61. The summed E-state index contributed by atoms with van der Waals surface area (Å²) in [6.45, 7) is 5.20. The van der Waals surface area contributed by atoms with Crippen LogP contribution in [0.4, 0.5) is 0 Å². The van der Waals surface area contributed by atoms with Gasteiger partial charge in [-0.1, -0.05) is 41.4 Å². The molecule has 0 bridgehead atoms. The fraction of sp³-hybridized carbons (Fsp3) is 0.200. The maximum atomic E-state index is 13.0. The number of hydrogen-bond donors (Lipinski definition) is 0. The number of aromatic nitrogens is 2. The summed E-state index contributed by atoms with van der Waals surface area (Å²) in [6.07, 6.45) is 1.52. The van der Waals surface area contributed by atoms with Gasteiger partial charge in [0.05, 0.1) is 22.1 Å². The summed E-state index contributed by atoms with van der Waals surface area (Å²) < 4.78 is 7.10. The van der Waals surface area contributed by atoms with Gasteiger partial charge in [0.15, 0.2) is 0 Å². The Bertz CT molecular complexity index is 1160. The molecule has 144 valence electrons. The van der Waals surface area contributed by atoms with Crippen molar-refractivity contribution in [1.29, 1.82) is 0 Å². The lowest BCUT2D eigenvalue weighted by atomic mass is 10.2. The van der Waals surface area contributed by atoms with Gasteiger partial charge < -0.3 is 4.74 Å². The molecule has 0 unspecified atom stereocenters. The van der Waals surface area contributed by atoms with E-state index in [1.165, 1.54) is 17.8 Å². The molecule has 0 aliphatic carbocycles. The van der Waals surface area contributed by atoms with Gasteiger partial charge >= 0.3 is 5.97 Å². The van der Waals surface area contributed by atoms with E-state index in [-0.39, 0.29) is 22.2 Å². The highest BCUT2D eigenvalue weighted by Gasteiger charge is 2.14. The van der Waals surface area contributed by atoms with Gasteiger partial charge in [0.25, 0.3) is 5.56 Å². The van der Waals surface area contributed by atoms with Crippen molar-refractivity contribution in [3.05, 3.63) is 67.6 Å². The van der Waals surface area contributed by atoms with Crippen molar-refractivity contribution in [2.45, 2.75) is 26.7 Å². The zero-order chi connectivity index (χ0) is 20.4. The van der Waals surface area contributed by atoms with Gasteiger partial charge in [-0.05, 0) is 42.0 Å². The van der Waals surface area contributed by atoms with Crippen molar-refractivity contribution in [2.24, 2.45) is 5.10 Å². The molecular weight excluding hydrogens is 446 g/mol. The van der Waals surface area contributed by atoms with Gasteiger partial charge in [0.2, 0.25) is 0 Å². The highest BCUT2D eigenvalue weighted by Crippen LogP contribution is 2.25. The number of fused-ring (bicyclic) bond motifs is 1. The third-order valence-corrected chi connectivity index (χ3v) is 4.67. The summed E-state index contributed by atoms with van der Waals surface area (Å²) in [7, 11) is 0. The minimum Gasteiger partial charge on any atom is -0.425 e. The van der Waals surface area contributed by atoms with Crippen LogP contribution in [0.25, 0.3) is 10.9 Å². The number of esters is 1. The van der Waals surface area contributed by atoms with Crippen molar-refractivity contribution in [3.63, 3.8) is 0 Å². The lowest BCUT2D eigenvalue weighted by Crippen LogP contribution is -2.23. The zero-order valence-corrected chi connectivity index (χ0v) is 17.8. The number of halogens is 2. The first-order valence-electron chi connectivity index (χ1n) is 8.51. The van der Waals surface area contributed by atoms with Crippen LogP contribution in [0, 0.1) is 0 Å². The molecule has 0 saturated carbocycles.